The molecule has 0 aliphatic heterocycles. The Morgan fingerprint density at radius 3 is 2.64 bits per heavy atom. The van der Waals surface area contributed by atoms with Crippen LogP contribution in [0.4, 0.5) is 5.82 Å². The summed E-state index contributed by atoms with van der Waals surface area (Å²) in [7, 11) is 0. The molecule has 0 bridgehead atoms. The minimum atomic E-state index is -0.0559. The van der Waals surface area contributed by atoms with Gasteiger partial charge in [-0.25, -0.2) is 15.0 Å². The van der Waals surface area contributed by atoms with Crippen LogP contribution in [0.25, 0.3) is 32.6 Å². The molecular weight excluding hydrogens is 430 g/mol. The van der Waals surface area contributed by atoms with Gasteiger partial charge in [-0.1, -0.05) is 30.3 Å². The van der Waals surface area contributed by atoms with Crippen LogP contribution in [0.1, 0.15) is 30.0 Å². The van der Waals surface area contributed by atoms with Crippen molar-refractivity contribution in [2.75, 3.05) is 5.32 Å². The number of nitrogens with one attached hydrogen (secondary N) is 1. The summed E-state index contributed by atoms with van der Waals surface area (Å²) in [5.41, 5.74) is 8.69. The fourth-order valence-electron chi connectivity index (χ4n) is 3.79. The van der Waals surface area contributed by atoms with Gasteiger partial charge in [0.2, 0.25) is 0 Å². The number of hydrogen-bond acceptors (Lipinski definition) is 7. The zero-order chi connectivity index (χ0) is 22.8. The number of rotatable bonds is 6. The zero-order valence-electron chi connectivity index (χ0n) is 18.4. The number of nitrogens with zero attached hydrogens (tertiary/aromatic N) is 4. The topological polar surface area (TPSA) is 83.8 Å². The third-order valence-corrected chi connectivity index (χ3v) is 6.33. The van der Waals surface area contributed by atoms with Crippen molar-refractivity contribution in [2.45, 2.75) is 26.5 Å². The fourth-order valence-corrected chi connectivity index (χ4v) is 4.50. The summed E-state index contributed by atoms with van der Waals surface area (Å²) >= 11 is 1.63. The lowest BCUT2D eigenvalue weighted by Crippen LogP contribution is -2.09. The molecule has 0 radical (unpaired) electrons. The summed E-state index contributed by atoms with van der Waals surface area (Å²) in [6.45, 7) is 3.97. The highest BCUT2D eigenvalue weighted by Gasteiger charge is 2.11. The Morgan fingerprint density at radius 2 is 1.82 bits per heavy atom. The number of aryl methyl sites for hydroxylation is 1. The molecule has 0 saturated heterocycles. The van der Waals surface area contributed by atoms with Gasteiger partial charge in [-0.05, 0) is 49.2 Å². The Kier molecular flexibility index (Phi) is 5.81. The van der Waals surface area contributed by atoms with Gasteiger partial charge in [0, 0.05) is 29.4 Å². The highest BCUT2D eigenvalue weighted by Crippen LogP contribution is 2.28. The van der Waals surface area contributed by atoms with Crippen LogP contribution in [-0.2, 0) is 6.61 Å². The second-order valence-corrected chi connectivity index (χ2v) is 8.79. The molecule has 2 aromatic carbocycles. The molecule has 3 heterocycles. The quantitative estimate of drug-likeness (QED) is 0.339. The van der Waals surface area contributed by atoms with Crippen molar-refractivity contribution in [3.05, 3.63) is 89.5 Å². The molecule has 0 fully saturated rings. The molecule has 164 valence electrons. The summed E-state index contributed by atoms with van der Waals surface area (Å²) in [5, 5.41) is 12.7. The van der Waals surface area contributed by atoms with Gasteiger partial charge in [-0.3, -0.25) is 4.98 Å². The van der Waals surface area contributed by atoms with E-state index in [1.807, 2.05) is 42.8 Å². The molecule has 0 aliphatic carbocycles. The SMILES string of the molecule is Cc1nc(NC(C)c2cccc(-c3ccc(CO)nc3)c2)cc(-c2ccc3ncsc3c2)n1. The molecule has 5 aromatic rings. The van der Waals surface area contributed by atoms with Crippen LogP contribution < -0.4 is 5.32 Å². The Bertz CT molecular complexity index is 1410. The van der Waals surface area contributed by atoms with Gasteiger partial charge in [0.25, 0.3) is 0 Å². The number of aromatic nitrogens is 4. The Labute approximate surface area is 196 Å². The molecule has 1 unspecified atom stereocenters. The minimum Gasteiger partial charge on any atom is -0.390 e. The summed E-state index contributed by atoms with van der Waals surface area (Å²) in [6, 6.07) is 20.4. The standard InChI is InChI=1S/C26H23N5OS/c1-16(18-4-3-5-19(10-18)21-6-8-22(14-32)27-13-21)29-26-12-24(30-17(2)31-26)20-7-9-23-25(11-20)33-15-28-23/h3-13,15-16,32H,14H2,1-2H3,(H,29,30,31). The fraction of sp³-hybridized carbons (Fsp3) is 0.154. The van der Waals surface area contributed by atoms with E-state index in [9.17, 15) is 5.11 Å². The van der Waals surface area contributed by atoms with Crippen molar-refractivity contribution in [2.24, 2.45) is 0 Å². The number of anilines is 1. The molecular formula is C26H23N5OS. The molecule has 0 amide bonds. The van der Waals surface area contributed by atoms with E-state index in [2.05, 4.69) is 62.5 Å². The van der Waals surface area contributed by atoms with Crippen LogP contribution in [0, 0.1) is 6.92 Å². The monoisotopic (exact) mass is 453 g/mol. The predicted molar refractivity (Wildman–Crippen MR) is 133 cm³/mol. The van der Waals surface area contributed by atoms with Gasteiger partial charge in [0.1, 0.15) is 11.6 Å². The van der Waals surface area contributed by atoms with Crippen molar-refractivity contribution >= 4 is 27.4 Å². The minimum absolute atomic E-state index is 0.0424. The smallest absolute Gasteiger partial charge is 0.130 e. The molecule has 0 aliphatic rings. The molecule has 0 spiro atoms. The van der Waals surface area contributed by atoms with Crippen molar-refractivity contribution in [3.63, 3.8) is 0 Å². The van der Waals surface area contributed by atoms with Gasteiger partial charge in [-0.15, -0.1) is 11.3 Å². The van der Waals surface area contributed by atoms with Crippen LogP contribution >= 0.6 is 11.3 Å². The molecule has 7 heteroatoms. The average molecular weight is 454 g/mol. The number of benzene rings is 2. The van der Waals surface area contributed by atoms with Gasteiger partial charge in [0.05, 0.1) is 33.7 Å². The molecule has 3 aromatic heterocycles. The van der Waals surface area contributed by atoms with E-state index in [0.29, 0.717) is 5.69 Å². The average Bonchev–Trinajstić information content (AvgIpc) is 3.32. The molecule has 1 atom stereocenters. The van der Waals surface area contributed by atoms with E-state index in [0.717, 1.165) is 49.8 Å². The highest BCUT2D eigenvalue weighted by atomic mass is 32.1. The first-order chi connectivity index (χ1) is 16.1. The van der Waals surface area contributed by atoms with Gasteiger partial charge in [0.15, 0.2) is 0 Å². The van der Waals surface area contributed by atoms with Gasteiger partial charge < -0.3 is 10.4 Å². The maximum absolute atomic E-state index is 9.22. The second kappa shape index (κ2) is 9.05. The first-order valence-electron chi connectivity index (χ1n) is 10.7. The summed E-state index contributed by atoms with van der Waals surface area (Å²) < 4.78 is 1.14. The number of aliphatic hydroxyl groups excluding tert-OH is 1. The maximum atomic E-state index is 9.22. The Balaban J connectivity index is 1.40. The summed E-state index contributed by atoms with van der Waals surface area (Å²) in [6.07, 6.45) is 1.79. The number of aliphatic hydroxyl groups is 1. The first kappa shape index (κ1) is 21.2. The Morgan fingerprint density at radius 1 is 0.939 bits per heavy atom. The largest absolute Gasteiger partial charge is 0.390 e. The number of hydrogen-bond donors (Lipinski definition) is 2. The molecule has 2 N–H and O–H groups in total. The molecule has 6 nitrogen and oxygen atoms in total. The van der Waals surface area contributed by atoms with Crippen molar-refractivity contribution < 1.29 is 5.11 Å². The van der Waals surface area contributed by atoms with E-state index in [1.54, 1.807) is 17.5 Å². The normalized spacial score (nSPS) is 12.1. The third kappa shape index (κ3) is 4.60. The summed E-state index contributed by atoms with van der Waals surface area (Å²) in [4.78, 5) is 17.9. The first-order valence-corrected chi connectivity index (χ1v) is 11.6. The van der Waals surface area contributed by atoms with Crippen molar-refractivity contribution in [1.82, 2.24) is 19.9 Å². The van der Waals surface area contributed by atoms with Crippen LogP contribution in [0.2, 0.25) is 0 Å². The van der Waals surface area contributed by atoms with E-state index in [1.165, 1.54) is 0 Å². The zero-order valence-corrected chi connectivity index (χ0v) is 19.2. The van der Waals surface area contributed by atoms with Crippen molar-refractivity contribution in [3.8, 4) is 22.4 Å². The van der Waals surface area contributed by atoms with Gasteiger partial charge in [-0.2, -0.15) is 0 Å². The number of fused-ring (bicyclic) bond motifs is 1. The van der Waals surface area contributed by atoms with E-state index >= 15 is 0 Å². The maximum Gasteiger partial charge on any atom is 0.130 e. The van der Waals surface area contributed by atoms with Crippen molar-refractivity contribution in [1.29, 1.82) is 0 Å². The lowest BCUT2D eigenvalue weighted by Gasteiger charge is -2.17. The third-order valence-electron chi connectivity index (χ3n) is 5.54. The van der Waals surface area contributed by atoms with Crippen LogP contribution in [0.3, 0.4) is 0 Å². The lowest BCUT2D eigenvalue weighted by molar-refractivity contribution is 0.277. The number of thiazole rings is 1. The van der Waals surface area contributed by atoms with E-state index in [4.69, 9.17) is 0 Å². The van der Waals surface area contributed by atoms with Gasteiger partial charge >= 0.3 is 0 Å². The molecule has 33 heavy (non-hydrogen) atoms. The number of pyridine rings is 1. The second-order valence-electron chi connectivity index (χ2n) is 7.91. The van der Waals surface area contributed by atoms with Crippen LogP contribution in [0.5, 0.6) is 0 Å². The summed E-state index contributed by atoms with van der Waals surface area (Å²) in [5.74, 6) is 1.50. The lowest BCUT2D eigenvalue weighted by atomic mass is 10.0. The van der Waals surface area contributed by atoms with Crippen LogP contribution in [-0.4, -0.2) is 25.0 Å². The van der Waals surface area contributed by atoms with E-state index in [-0.39, 0.29) is 12.6 Å². The Hall–Kier alpha value is -3.68. The van der Waals surface area contributed by atoms with E-state index < -0.39 is 0 Å². The highest BCUT2D eigenvalue weighted by molar-refractivity contribution is 7.16. The molecule has 5 rings (SSSR count). The molecule has 0 saturated carbocycles. The van der Waals surface area contributed by atoms with Crippen LogP contribution in [0.15, 0.2) is 72.4 Å². The predicted octanol–water partition coefficient (Wildman–Crippen LogP) is 5.79.